The summed E-state index contributed by atoms with van der Waals surface area (Å²) in [5.74, 6) is 1.97. The second-order valence-corrected chi connectivity index (χ2v) is 6.10. The van der Waals surface area contributed by atoms with Crippen molar-refractivity contribution in [2.24, 2.45) is 0 Å². The highest BCUT2D eigenvalue weighted by molar-refractivity contribution is 5.96. The highest BCUT2D eigenvalue weighted by Gasteiger charge is 2.22. The lowest BCUT2D eigenvalue weighted by Gasteiger charge is -2.20. The van der Waals surface area contributed by atoms with Crippen molar-refractivity contribution in [2.75, 3.05) is 24.4 Å². The van der Waals surface area contributed by atoms with Crippen LogP contribution in [-0.4, -0.2) is 24.8 Å². The van der Waals surface area contributed by atoms with Crippen LogP contribution >= 0.6 is 0 Å². The van der Waals surface area contributed by atoms with Crippen LogP contribution in [0.2, 0.25) is 0 Å². The van der Waals surface area contributed by atoms with Crippen molar-refractivity contribution in [3.63, 3.8) is 0 Å². The monoisotopic (exact) mass is 381 g/mol. The molecule has 1 heterocycles. The Bertz CT molecular complexity index is 924. The predicted octanol–water partition coefficient (Wildman–Crippen LogP) is 4.18. The predicted molar refractivity (Wildman–Crippen MR) is 107 cm³/mol. The number of hydrogen-bond acceptors (Lipinski definition) is 6. The maximum Gasteiger partial charge on any atom is 0.252 e. The number of aryl methyl sites for hydroxylation is 1. The molecule has 0 spiro atoms. The van der Waals surface area contributed by atoms with Crippen LogP contribution in [0.3, 0.4) is 0 Å². The van der Waals surface area contributed by atoms with Crippen LogP contribution in [0.1, 0.15) is 24.3 Å². The molecule has 7 heteroatoms. The fourth-order valence-corrected chi connectivity index (χ4v) is 2.77. The van der Waals surface area contributed by atoms with E-state index in [2.05, 4.69) is 15.8 Å². The minimum absolute atomic E-state index is 0.257. The van der Waals surface area contributed by atoms with Gasteiger partial charge in [0.15, 0.2) is 17.3 Å². The van der Waals surface area contributed by atoms with Crippen molar-refractivity contribution < 1.29 is 18.8 Å². The van der Waals surface area contributed by atoms with Gasteiger partial charge < -0.3 is 24.6 Å². The van der Waals surface area contributed by atoms with Gasteiger partial charge in [0.05, 0.1) is 13.7 Å². The summed E-state index contributed by atoms with van der Waals surface area (Å²) in [6.07, 6.45) is 0. The second-order valence-electron chi connectivity index (χ2n) is 6.10. The lowest BCUT2D eigenvalue weighted by Crippen LogP contribution is -2.27. The highest BCUT2D eigenvalue weighted by Crippen LogP contribution is 2.32. The Labute approximate surface area is 163 Å². The zero-order valence-corrected chi connectivity index (χ0v) is 16.1. The third kappa shape index (κ3) is 4.62. The van der Waals surface area contributed by atoms with Gasteiger partial charge in [-0.15, -0.1) is 0 Å². The summed E-state index contributed by atoms with van der Waals surface area (Å²) >= 11 is 0. The van der Waals surface area contributed by atoms with Crippen molar-refractivity contribution in [1.82, 2.24) is 5.16 Å². The number of ether oxygens (including phenoxy) is 2. The first-order chi connectivity index (χ1) is 13.6. The van der Waals surface area contributed by atoms with Gasteiger partial charge in [-0.3, -0.25) is 4.79 Å². The van der Waals surface area contributed by atoms with E-state index in [1.54, 1.807) is 26.2 Å². The van der Waals surface area contributed by atoms with Crippen molar-refractivity contribution in [2.45, 2.75) is 19.9 Å². The molecule has 0 aliphatic rings. The molecule has 0 radical (unpaired) electrons. The molecule has 0 bridgehead atoms. The van der Waals surface area contributed by atoms with Crippen LogP contribution in [0.25, 0.3) is 0 Å². The number of benzene rings is 2. The summed E-state index contributed by atoms with van der Waals surface area (Å²) in [7, 11) is 1.58. The Morgan fingerprint density at radius 3 is 2.57 bits per heavy atom. The molecule has 0 unspecified atom stereocenters. The molecule has 0 saturated heterocycles. The number of hydrogen-bond donors (Lipinski definition) is 2. The third-order valence-corrected chi connectivity index (χ3v) is 4.05. The summed E-state index contributed by atoms with van der Waals surface area (Å²) in [4.78, 5) is 12.9. The maximum absolute atomic E-state index is 12.9. The number of aromatic nitrogens is 1. The topological polar surface area (TPSA) is 85.6 Å². The molecule has 3 aromatic rings. The van der Waals surface area contributed by atoms with E-state index in [0.717, 1.165) is 11.3 Å². The molecule has 2 N–H and O–H groups in total. The van der Waals surface area contributed by atoms with Crippen LogP contribution in [-0.2, 0) is 4.79 Å². The molecule has 1 amide bonds. The number of carbonyl (C=O) groups is 1. The Kier molecular flexibility index (Phi) is 6.16. The largest absolute Gasteiger partial charge is 0.493 e. The van der Waals surface area contributed by atoms with E-state index in [1.807, 2.05) is 49.4 Å². The number of anilines is 2. The smallest absolute Gasteiger partial charge is 0.252 e. The summed E-state index contributed by atoms with van der Waals surface area (Å²) in [6.45, 7) is 4.21. The van der Waals surface area contributed by atoms with E-state index >= 15 is 0 Å². The van der Waals surface area contributed by atoms with Crippen LogP contribution < -0.4 is 20.1 Å². The second kappa shape index (κ2) is 8.94. The van der Waals surface area contributed by atoms with Gasteiger partial charge in [0, 0.05) is 17.8 Å². The van der Waals surface area contributed by atoms with Crippen LogP contribution in [0.15, 0.2) is 59.1 Å². The van der Waals surface area contributed by atoms with Gasteiger partial charge in [0.1, 0.15) is 11.8 Å². The molecule has 3 rings (SSSR count). The van der Waals surface area contributed by atoms with E-state index in [1.165, 1.54) is 0 Å². The minimum atomic E-state index is -0.638. The summed E-state index contributed by atoms with van der Waals surface area (Å²) in [5.41, 5.74) is 1.54. The zero-order valence-electron chi connectivity index (χ0n) is 16.1. The highest BCUT2D eigenvalue weighted by atomic mass is 16.5. The molecular weight excluding hydrogens is 358 g/mol. The van der Waals surface area contributed by atoms with Gasteiger partial charge in [-0.05, 0) is 31.5 Å². The molecule has 0 fully saturated rings. The number of nitrogens with one attached hydrogen (secondary N) is 2. The molecule has 0 aliphatic carbocycles. The standard InChI is InChI=1S/C21H23N3O4/c1-4-27-17-11-10-16(13-18(17)26-3)22-20(15-8-6-5-7-9-15)21(25)23-19-12-14(2)28-24-19/h5-13,20,22H,4H2,1-3H3,(H,23,24,25)/t20-/m1/s1. The SMILES string of the molecule is CCOc1ccc(N[C@@H](C(=O)Nc2cc(C)on2)c2ccccc2)cc1OC. The third-order valence-electron chi connectivity index (χ3n) is 4.05. The van der Waals surface area contributed by atoms with E-state index < -0.39 is 6.04 Å². The lowest BCUT2D eigenvalue weighted by molar-refractivity contribution is -0.117. The quantitative estimate of drug-likeness (QED) is 0.609. The molecule has 7 nitrogen and oxygen atoms in total. The van der Waals surface area contributed by atoms with Crippen molar-refractivity contribution in [3.05, 3.63) is 65.9 Å². The molecule has 1 atom stereocenters. The number of nitrogens with zero attached hydrogens (tertiary/aromatic N) is 1. The van der Waals surface area contributed by atoms with Crippen molar-refractivity contribution in [1.29, 1.82) is 0 Å². The van der Waals surface area contributed by atoms with Gasteiger partial charge in [-0.1, -0.05) is 35.5 Å². The first-order valence-corrected chi connectivity index (χ1v) is 8.97. The van der Waals surface area contributed by atoms with E-state index in [4.69, 9.17) is 14.0 Å². The molecule has 2 aromatic carbocycles. The van der Waals surface area contributed by atoms with Gasteiger partial charge in [-0.2, -0.15) is 0 Å². The number of rotatable bonds is 8. The number of amides is 1. The summed E-state index contributed by atoms with van der Waals surface area (Å²) < 4.78 is 16.0. The Morgan fingerprint density at radius 2 is 1.93 bits per heavy atom. The van der Waals surface area contributed by atoms with Gasteiger partial charge in [-0.25, -0.2) is 0 Å². The molecule has 0 saturated carbocycles. The molecule has 28 heavy (non-hydrogen) atoms. The van der Waals surface area contributed by atoms with Crippen LogP contribution in [0, 0.1) is 6.92 Å². The van der Waals surface area contributed by atoms with Gasteiger partial charge in [0.2, 0.25) is 0 Å². The Balaban J connectivity index is 1.86. The zero-order chi connectivity index (χ0) is 19.9. The Morgan fingerprint density at radius 1 is 1.14 bits per heavy atom. The lowest BCUT2D eigenvalue weighted by atomic mass is 10.1. The normalized spacial score (nSPS) is 11.5. The van der Waals surface area contributed by atoms with Crippen LogP contribution in [0.4, 0.5) is 11.5 Å². The fraction of sp³-hybridized carbons (Fsp3) is 0.238. The molecule has 1 aromatic heterocycles. The van der Waals surface area contributed by atoms with E-state index in [0.29, 0.717) is 29.7 Å². The van der Waals surface area contributed by atoms with E-state index in [-0.39, 0.29) is 5.91 Å². The minimum Gasteiger partial charge on any atom is -0.493 e. The average molecular weight is 381 g/mol. The fourth-order valence-electron chi connectivity index (χ4n) is 2.77. The molecular formula is C21H23N3O4. The Hall–Kier alpha value is -3.48. The first-order valence-electron chi connectivity index (χ1n) is 8.97. The molecule has 0 aliphatic heterocycles. The van der Waals surface area contributed by atoms with Crippen molar-refractivity contribution >= 4 is 17.4 Å². The van der Waals surface area contributed by atoms with Crippen LogP contribution in [0.5, 0.6) is 11.5 Å². The maximum atomic E-state index is 12.9. The van der Waals surface area contributed by atoms with Crippen molar-refractivity contribution in [3.8, 4) is 11.5 Å². The molecule has 146 valence electrons. The summed E-state index contributed by atoms with van der Waals surface area (Å²) in [5, 5.41) is 9.87. The van der Waals surface area contributed by atoms with Gasteiger partial charge >= 0.3 is 0 Å². The number of carbonyl (C=O) groups excluding carboxylic acids is 1. The number of methoxy groups -OCH3 is 1. The first kappa shape index (κ1) is 19.3. The van der Waals surface area contributed by atoms with Gasteiger partial charge in [0.25, 0.3) is 5.91 Å². The average Bonchev–Trinajstić information content (AvgIpc) is 3.12. The summed E-state index contributed by atoms with van der Waals surface area (Å²) in [6, 6.07) is 15.9. The van der Waals surface area contributed by atoms with E-state index in [9.17, 15) is 4.79 Å².